The molecule has 1 aromatic carbocycles. The highest BCUT2D eigenvalue weighted by atomic mass is 35.5. The molecule has 1 aromatic rings. The lowest BCUT2D eigenvalue weighted by molar-refractivity contribution is -0.132. The number of benzene rings is 1. The fraction of sp³-hybridized carbons (Fsp3) is 0.562. The van der Waals surface area contributed by atoms with Crippen molar-refractivity contribution >= 4 is 30.7 Å². The maximum atomic E-state index is 12.4. The van der Waals surface area contributed by atoms with E-state index in [1.165, 1.54) is 12.8 Å². The van der Waals surface area contributed by atoms with E-state index in [4.69, 9.17) is 5.73 Å². The second-order valence-corrected chi connectivity index (χ2v) is 5.88. The Hall–Kier alpha value is -0.810. The Labute approximate surface area is 145 Å². The van der Waals surface area contributed by atoms with E-state index < -0.39 is 6.04 Å². The first-order chi connectivity index (χ1) is 9.58. The van der Waals surface area contributed by atoms with Crippen LogP contribution in [0.4, 0.5) is 0 Å². The molecule has 22 heavy (non-hydrogen) atoms. The van der Waals surface area contributed by atoms with Gasteiger partial charge in [-0.15, -0.1) is 24.8 Å². The minimum atomic E-state index is -0.553. The normalized spacial score (nSPS) is 19.5. The van der Waals surface area contributed by atoms with Gasteiger partial charge in [-0.05, 0) is 37.9 Å². The quantitative estimate of drug-likeness (QED) is 0.909. The van der Waals surface area contributed by atoms with Crippen LogP contribution in [-0.2, 0) is 4.79 Å². The van der Waals surface area contributed by atoms with Crippen molar-refractivity contribution in [2.24, 2.45) is 11.7 Å². The molecule has 2 N–H and O–H groups in total. The molecule has 0 saturated carbocycles. The molecule has 126 valence electrons. The minimum Gasteiger partial charge on any atom is -0.344 e. The Bertz CT molecular complexity index is 444. The third kappa shape index (κ3) is 5.76. The summed E-state index contributed by atoms with van der Waals surface area (Å²) < 4.78 is 0. The molecule has 1 amide bonds. The van der Waals surface area contributed by atoms with Gasteiger partial charge in [-0.1, -0.05) is 30.3 Å². The zero-order valence-corrected chi connectivity index (χ0v) is 14.9. The molecule has 1 heterocycles. The number of halogens is 2. The Morgan fingerprint density at radius 3 is 2.59 bits per heavy atom. The van der Waals surface area contributed by atoms with Gasteiger partial charge in [0.2, 0.25) is 5.91 Å². The van der Waals surface area contributed by atoms with Gasteiger partial charge in [0.1, 0.15) is 6.04 Å². The van der Waals surface area contributed by atoms with Crippen LogP contribution in [0.5, 0.6) is 0 Å². The van der Waals surface area contributed by atoms with Crippen LogP contribution in [-0.4, -0.2) is 49.4 Å². The first-order valence-electron chi connectivity index (χ1n) is 7.32. The lowest BCUT2D eigenvalue weighted by Gasteiger charge is -2.33. The van der Waals surface area contributed by atoms with Crippen LogP contribution in [0.2, 0.25) is 0 Å². The molecule has 1 aliphatic rings. The SMILES string of the molecule is CN1CCCC(CN(C)C(=O)C(N)c2ccccc2)C1.Cl.Cl. The van der Waals surface area contributed by atoms with Crippen molar-refractivity contribution in [3.05, 3.63) is 35.9 Å². The number of carbonyl (C=O) groups excluding carboxylic acids is 1. The Morgan fingerprint density at radius 2 is 2.00 bits per heavy atom. The van der Waals surface area contributed by atoms with Gasteiger partial charge < -0.3 is 15.5 Å². The summed E-state index contributed by atoms with van der Waals surface area (Å²) in [6, 6.07) is 9.03. The van der Waals surface area contributed by atoms with Gasteiger partial charge in [0, 0.05) is 20.1 Å². The summed E-state index contributed by atoms with van der Waals surface area (Å²) in [5, 5.41) is 0. The Morgan fingerprint density at radius 1 is 1.36 bits per heavy atom. The number of nitrogens with two attached hydrogens (primary N) is 1. The summed E-state index contributed by atoms with van der Waals surface area (Å²) in [5.74, 6) is 0.565. The average molecular weight is 348 g/mol. The number of hydrogen-bond acceptors (Lipinski definition) is 3. The molecule has 6 heteroatoms. The van der Waals surface area contributed by atoms with Crippen LogP contribution in [0.1, 0.15) is 24.4 Å². The zero-order valence-electron chi connectivity index (χ0n) is 13.3. The summed E-state index contributed by atoms with van der Waals surface area (Å²) in [5.41, 5.74) is 6.95. The molecule has 0 radical (unpaired) electrons. The predicted molar refractivity (Wildman–Crippen MR) is 95.7 cm³/mol. The van der Waals surface area contributed by atoms with Crippen LogP contribution < -0.4 is 5.73 Å². The van der Waals surface area contributed by atoms with E-state index in [1.54, 1.807) is 4.90 Å². The highest BCUT2D eigenvalue weighted by Crippen LogP contribution is 2.18. The maximum Gasteiger partial charge on any atom is 0.243 e. The monoisotopic (exact) mass is 347 g/mol. The summed E-state index contributed by atoms with van der Waals surface area (Å²) >= 11 is 0. The molecular formula is C16H27Cl2N3O. The number of amides is 1. The van der Waals surface area contributed by atoms with Crippen molar-refractivity contribution in [3.63, 3.8) is 0 Å². The average Bonchev–Trinajstić information content (AvgIpc) is 2.46. The fourth-order valence-corrected chi connectivity index (χ4v) is 2.94. The third-order valence-electron chi connectivity index (χ3n) is 4.06. The number of nitrogens with zero attached hydrogens (tertiary/aromatic N) is 2. The van der Waals surface area contributed by atoms with Crippen molar-refractivity contribution in [3.8, 4) is 0 Å². The topological polar surface area (TPSA) is 49.6 Å². The number of carbonyl (C=O) groups is 1. The number of piperidine rings is 1. The molecular weight excluding hydrogens is 321 g/mol. The van der Waals surface area contributed by atoms with Crippen LogP contribution in [0.3, 0.4) is 0 Å². The smallest absolute Gasteiger partial charge is 0.243 e. The van der Waals surface area contributed by atoms with Crippen LogP contribution >= 0.6 is 24.8 Å². The second-order valence-electron chi connectivity index (χ2n) is 5.88. The Balaban J connectivity index is 0.00000220. The van der Waals surface area contributed by atoms with Crippen LogP contribution in [0.15, 0.2) is 30.3 Å². The molecule has 0 spiro atoms. The Kier molecular flexibility index (Phi) is 9.69. The van der Waals surface area contributed by atoms with Crippen molar-refractivity contribution in [1.82, 2.24) is 9.80 Å². The van der Waals surface area contributed by atoms with Gasteiger partial charge in [-0.2, -0.15) is 0 Å². The fourth-order valence-electron chi connectivity index (χ4n) is 2.94. The first-order valence-corrected chi connectivity index (χ1v) is 7.32. The molecule has 2 unspecified atom stereocenters. The number of hydrogen-bond donors (Lipinski definition) is 1. The van der Waals surface area contributed by atoms with Crippen molar-refractivity contribution in [2.75, 3.05) is 33.7 Å². The van der Waals surface area contributed by atoms with Crippen LogP contribution in [0.25, 0.3) is 0 Å². The lowest BCUT2D eigenvalue weighted by atomic mass is 9.97. The van der Waals surface area contributed by atoms with Crippen molar-refractivity contribution in [2.45, 2.75) is 18.9 Å². The van der Waals surface area contributed by atoms with Crippen molar-refractivity contribution < 1.29 is 4.79 Å². The summed E-state index contributed by atoms with van der Waals surface area (Å²) in [6.45, 7) is 3.03. The van der Waals surface area contributed by atoms with Gasteiger partial charge in [0.15, 0.2) is 0 Å². The summed E-state index contributed by atoms with van der Waals surface area (Å²) in [4.78, 5) is 16.5. The number of rotatable bonds is 4. The highest BCUT2D eigenvalue weighted by molar-refractivity contribution is 5.85. The molecule has 0 aromatic heterocycles. The van der Waals surface area contributed by atoms with E-state index in [-0.39, 0.29) is 30.7 Å². The molecule has 1 fully saturated rings. The van der Waals surface area contributed by atoms with Gasteiger partial charge >= 0.3 is 0 Å². The molecule has 2 atom stereocenters. The molecule has 0 bridgehead atoms. The largest absolute Gasteiger partial charge is 0.344 e. The maximum absolute atomic E-state index is 12.4. The lowest BCUT2D eigenvalue weighted by Crippen LogP contribution is -2.42. The zero-order chi connectivity index (χ0) is 14.5. The van der Waals surface area contributed by atoms with Gasteiger partial charge in [-0.25, -0.2) is 0 Å². The van der Waals surface area contributed by atoms with E-state index in [9.17, 15) is 4.79 Å². The van der Waals surface area contributed by atoms with E-state index in [0.29, 0.717) is 5.92 Å². The second kappa shape index (κ2) is 10.1. The number of likely N-dealkylation sites (tertiary alicyclic amines) is 1. The first kappa shape index (κ1) is 21.2. The van der Waals surface area contributed by atoms with E-state index in [2.05, 4.69) is 11.9 Å². The highest BCUT2D eigenvalue weighted by Gasteiger charge is 2.24. The van der Waals surface area contributed by atoms with E-state index >= 15 is 0 Å². The summed E-state index contributed by atoms with van der Waals surface area (Å²) in [7, 11) is 4.00. The van der Waals surface area contributed by atoms with E-state index in [0.717, 1.165) is 25.2 Å². The van der Waals surface area contributed by atoms with Gasteiger partial charge in [0.05, 0.1) is 0 Å². The summed E-state index contributed by atoms with van der Waals surface area (Å²) in [6.07, 6.45) is 2.41. The molecule has 2 rings (SSSR count). The van der Waals surface area contributed by atoms with Crippen LogP contribution in [0, 0.1) is 5.92 Å². The number of likely N-dealkylation sites (N-methyl/N-ethyl adjacent to an activating group) is 1. The molecule has 1 aliphatic heterocycles. The third-order valence-corrected chi connectivity index (χ3v) is 4.06. The molecule has 0 aliphatic carbocycles. The minimum absolute atomic E-state index is 0. The standard InChI is InChI=1S/C16H25N3O.2ClH/c1-18-10-6-7-13(11-18)12-19(2)16(20)15(17)14-8-4-3-5-9-14;;/h3-5,8-9,13,15H,6-7,10-12,17H2,1-2H3;2*1H. The van der Waals surface area contributed by atoms with Gasteiger partial charge in [-0.3, -0.25) is 4.79 Å². The molecule has 4 nitrogen and oxygen atoms in total. The molecule has 1 saturated heterocycles. The van der Waals surface area contributed by atoms with Crippen molar-refractivity contribution in [1.29, 1.82) is 0 Å². The van der Waals surface area contributed by atoms with Gasteiger partial charge in [0.25, 0.3) is 0 Å². The predicted octanol–water partition coefficient (Wildman–Crippen LogP) is 2.33. The van der Waals surface area contributed by atoms with E-state index in [1.807, 2.05) is 37.4 Å².